The van der Waals surface area contributed by atoms with Gasteiger partial charge in [0.15, 0.2) is 0 Å². The van der Waals surface area contributed by atoms with Gasteiger partial charge in [-0.2, -0.15) is 0 Å². The van der Waals surface area contributed by atoms with Gasteiger partial charge in [0, 0.05) is 0 Å². The van der Waals surface area contributed by atoms with Gasteiger partial charge in [0.2, 0.25) is 0 Å². The summed E-state index contributed by atoms with van der Waals surface area (Å²) in [6.07, 6.45) is 9.50. The summed E-state index contributed by atoms with van der Waals surface area (Å²) in [5, 5.41) is 0. The van der Waals surface area contributed by atoms with E-state index in [2.05, 4.69) is 13.3 Å². The van der Waals surface area contributed by atoms with Crippen LogP contribution in [0.3, 0.4) is 0 Å². The van der Waals surface area contributed by atoms with E-state index in [9.17, 15) is 0 Å². The van der Waals surface area contributed by atoms with Gasteiger partial charge < -0.3 is 0 Å². The summed E-state index contributed by atoms with van der Waals surface area (Å²) >= 11 is 0. The minimum absolute atomic E-state index is 1.07. The summed E-state index contributed by atoms with van der Waals surface area (Å²) in [6, 6.07) is 9.87. The van der Waals surface area contributed by atoms with Crippen LogP contribution in [0.25, 0.3) is 0 Å². The molecule has 1 aromatic carbocycles. The molecule has 1 fully saturated rings. The van der Waals surface area contributed by atoms with E-state index >= 15 is 0 Å². The van der Waals surface area contributed by atoms with Crippen LogP contribution in [0.15, 0.2) is 30.3 Å². The van der Waals surface area contributed by atoms with E-state index in [-0.39, 0.29) is 0 Å². The molecule has 0 atom stereocenters. The van der Waals surface area contributed by atoms with Crippen LogP contribution in [0.5, 0.6) is 0 Å². The van der Waals surface area contributed by atoms with Crippen LogP contribution in [0, 0.1) is 13.3 Å². The first kappa shape index (κ1) is 10.3. The Morgan fingerprint density at radius 1 is 0.846 bits per heavy atom. The first-order chi connectivity index (χ1) is 6.39. The van der Waals surface area contributed by atoms with E-state index in [0.717, 1.165) is 5.56 Å². The Bertz CT molecular complexity index is 185. The highest BCUT2D eigenvalue weighted by atomic mass is 14.0. The van der Waals surface area contributed by atoms with Crippen molar-refractivity contribution in [3.05, 3.63) is 49.2 Å². The Hall–Kier alpha value is -0.780. The lowest BCUT2D eigenvalue weighted by Crippen LogP contribution is -1.87. The van der Waals surface area contributed by atoms with Crippen LogP contribution >= 0.6 is 0 Å². The summed E-state index contributed by atoms with van der Waals surface area (Å²) in [5.41, 5.74) is 1.07. The van der Waals surface area contributed by atoms with Crippen LogP contribution in [0.2, 0.25) is 0 Å². The average Bonchev–Trinajstić information content (AvgIpc) is 2.22. The normalized spacial score (nSPS) is 15.8. The SMILES string of the molecule is [CH2]c1ccccc1.[CH]1CCCCC1. The maximum atomic E-state index is 3.72. The molecule has 0 saturated heterocycles. The van der Waals surface area contributed by atoms with Crippen LogP contribution in [-0.4, -0.2) is 0 Å². The summed E-state index contributed by atoms with van der Waals surface area (Å²) < 4.78 is 0. The molecule has 0 spiro atoms. The van der Waals surface area contributed by atoms with Crippen molar-refractivity contribution >= 4 is 0 Å². The molecule has 1 aliphatic carbocycles. The fraction of sp³-hybridized carbons (Fsp3) is 0.385. The molecule has 1 saturated carbocycles. The van der Waals surface area contributed by atoms with Gasteiger partial charge in [-0.3, -0.25) is 0 Å². The molecule has 0 unspecified atom stereocenters. The second-order valence-electron chi connectivity index (χ2n) is 3.41. The van der Waals surface area contributed by atoms with Gasteiger partial charge in [-0.15, -0.1) is 0 Å². The van der Waals surface area contributed by atoms with E-state index in [0.29, 0.717) is 0 Å². The average molecular weight is 174 g/mol. The number of rotatable bonds is 0. The second-order valence-corrected chi connectivity index (χ2v) is 3.41. The summed E-state index contributed by atoms with van der Waals surface area (Å²) in [7, 11) is 0. The van der Waals surface area contributed by atoms with Crippen LogP contribution in [-0.2, 0) is 0 Å². The van der Waals surface area contributed by atoms with E-state index in [1.807, 2.05) is 30.3 Å². The molecule has 1 aromatic rings. The van der Waals surface area contributed by atoms with E-state index in [1.54, 1.807) is 0 Å². The van der Waals surface area contributed by atoms with Crippen molar-refractivity contribution in [3.63, 3.8) is 0 Å². The molecule has 0 nitrogen and oxygen atoms in total. The summed E-state index contributed by atoms with van der Waals surface area (Å²) in [4.78, 5) is 0. The third-order valence-corrected chi connectivity index (χ3v) is 2.16. The van der Waals surface area contributed by atoms with Crippen LogP contribution in [0.1, 0.15) is 37.7 Å². The molecule has 2 radical (unpaired) electrons. The first-order valence-electron chi connectivity index (χ1n) is 5.08. The molecule has 0 heteroatoms. The monoisotopic (exact) mass is 174 g/mol. The number of hydrogen-bond donors (Lipinski definition) is 0. The second kappa shape index (κ2) is 6.71. The van der Waals surface area contributed by atoms with E-state index in [4.69, 9.17) is 0 Å². The lowest BCUT2D eigenvalue weighted by Gasteiger charge is -2.05. The standard InChI is InChI=1S/C7H7.C6H11/c1-7-5-3-2-4-6-7;1-2-4-6-5-3-1/h2-6H,1H2;1H,2-6H2. The van der Waals surface area contributed by atoms with Crippen LogP contribution < -0.4 is 0 Å². The van der Waals surface area contributed by atoms with Crippen molar-refractivity contribution in [2.45, 2.75) is 32.1 Å². The third-order valence-electron chi connectivity index (χ3n) is 2.16. The van der Waals surface area contributed by atoms with Crippen LogP contribution in [0.4, 0.5) is 0 Å². The topological polar surface area (TPSA) is 0 Å². The molecule has 0 heterocycles. The Morgan fingerprint density at radius 3 is 1.69 bits per heavy atom. The molecule has 0 aromatic heterocycles. The number of benzene rings is 1. The maximum absolute atomic E-state index is 3.72. The van der Waals surface area contributed by atoms with Crippen molar-refractivity contribution in [1.29, 1.82) is 0 Å². The van der Waals surface area contributed by atoms with Gasteiger partial charge in [0.25, 0.3) is 0 Å². The largest absolute Gasteiger partial charge is 0.0622 e. The molecule has 0 bridgehead atoms. The van der Waals surface area contributed by atoms with Crippen molar-refractivity contribution in [3.8, 4) is 0 Å². The maximum Gasteiger partial charge on any atom is -0.0238 e. The molecule has 13 heavy (non-hydrogen) atoms. The molecule has 0 N–H and O–H groups in total. The minimum Gasteiger partial charge on any atom is -0.0622 e. The molecule has 0 amide bonds. The van der Waals surface area contributed by atoms with E-state index < -0.39 is 0 Å². The number of hydrogen-bond acceptors (Lipinski definition) is 0. The Labute approximate surface area is 82.0 Å². The van der Waals surface area contributed by atoms with Gasteiger partial charge in [0.1, 0.15) is 0 Å². The quantitative estimate of drug-likeness (QED) is 0.557. The predicted molar refractivity (Wildman–Crippen MR) is 58.3 cm³/mol. The van der Waals surface area contributed by atoms with Crippen molar-refractivity contribution in [2.75, 3.05) is 0 Å². The Morgan fingerprint density at radius 2 is 1.46 bits per heavy atom. The zero-order chi connectivity index (χ0) is 9.36. The summed E-state index contributed by atoms with van der Waals surface area (Å²) in [5.74, 6) is 0. The smallest absolute Gasteiger partial charge is 0.0238 e. The Balaban J connectivity index is 0.000000132. The zero-order valence-electron chi connectivity index (χ0n) is 8.21. The van der Waals surface area contributed by atoms with Gasteiger partial charge in [-0.25, -0.2) is 0 Å². The molecular weight excluding hydrogens is 156 g/mol. The highest BCUT2D eigenvalue weighted by Crippen LogP contribution is 2.14. The molecule has 70 valence electrons. The van der Waals surface area contributed by atoms with Gasteiger partial charge in [0.05, 0.1) is 0 Å². The lowest BCUT2D eigenvalue weighted by molar-refractivity contribution is 0.593. The van der Waals surface area contributed by atoms with Gasteiger partial charge in [-0.05, 0) is 18.9 Å². The van der Waals surface area contributed by atoms with Gasteiger partial charge >= 0.3 is 0 Å². The minimum atomic E-state index is 1.07. The highest BCUT2D eigenvalue weighted by Gasteiger charge is 1.95. The third kappa shape index (κ3) is 5.46. The molecule has 0 aliphatic heterocycles. The van der Waals surface area contributed by atoms with Crippen molar-refractivity contribution in [1.82, 2.24) is 0 Å². The fourth-order valence-corrected chi connectivity index (χ4v) is 1.38. The Kier molecular flexibility index (Phi) is 5.31. The molecular formula is C13H18. The predicted octanol–water partition coefficient (Wildman–Crippen LogP) is 4.02. The lowest BCUT2D eigenvalue weighted by atomic mass is 10.0. The highest BCUT2D eigenvalue weighted by molar-refractivity contribution is 5.16. The molecule has 1 aliphatic rings. The van der Waals surface area contributed by atoms with E-state index in [1.165, 1.54) is 32.1 Å². The fourth-order valence-electron chi connectivity index (χ4n) is 1.38. The van der Waals surface area contributed by atoms with Crippen molar-refractivity contribution in [2.24, 2.45) is 0 Å². The zero-order valence-corrected chi connectivity index (χ0v) is 8.21. The van der Waals surface area contributed by atoms with Gasteiger partial charge in [-0.1, -0.05) is 62.4 Å². The summed E-state index contributed by atoms with van der Waals surface area (Å²) in [6.45, 7) is 3.72. The first-order valence-corrected chi connectivity index (χ1v) is 5.08. The molecule has 2 rings (SSSR count). The van der Waals surface area contributed by atoms with Crippen molar-refractivity contribution < 1.29 is 0 Å².